The van der Waals surface area contributed by atoms with E-state index >= 15 is 0 Å². The van der Waals surface area contributed by atoms with Crippen LogP contribution >= 0.6 is 0 Å². The Balaban J connectivity index is 1.75. The maximum Gasteiger partial charge on any atom is 0.174 e. The molecule has 2 atom stereocenters. The minimum Gasteiger partial charge on any atom is -0.347 e. The highest BCUT2D eigenvalue weighted by molar-refractivity contribution is 5.08. The molecule has 2 heteroatoms. The molecule has 94 valence electrons. The third-order valence-electron chi connectivity index (χ3n) is 4.12. The molecule has 2 rings (SSSR count). The summed E-state index contributed by atoms with van der Waals surface area (Å²) in [4.78, 5) is 0. The summed E-state index contributed by atoms with van der Waals surface area (Å²) in [7, 11) is 0. The second kappa shape index (κ2) is 5.50. The average molecular weight is 226 g/mol. The highest BCUT2D eigenvalue weighted by Crippen LogP contribution is 2.60. The van der Waals surface area contributed by atoms with E-state index in [1.807, 2.05) is 0 Å². The van der Waals surface area contributed by atoms with Crippen molar-refractivity contribution in [3.05, 3.63) is 0 Å². The molecule has 1 heterocycles. The van der Waals surface area contributed by atoms with Crippen LogP contribution in [0.1, 0.15) is 58.8 Å². The Morgan fingerprint density at radius 1 is 0.875 bits per heavy atom. The Bertz CT molecular complexity index is 209. The molecule has 2 nitrogen and oxygen atoms in total. The monoisotopic (exact) mass is 226 g/mol. The van der Waals surface area contributed by atoms with Gasteiger partial charge in [-0.1, -0.05) is 46.0 Å². The van der Waals surface area contributed by atoms with Crippen LogP contribution in [-0.2, 0) is 9.47 Å². The minimum absolute atomic E-state index is 0.123. The zero-order valence-corrected chi connectivity index (χ0v) is 10.8. The van der Waals surface area contributed by atoms with Gasteiger partial charge in [-0.25, -0.2) is 0 Å². The van der Waals surface area contributed by atoms with Gasteiger partial charge in [0, 0.05) is 11.8 Å². The van der Waals surface area contributed by atoms with Crippen LogP contribution in [0.2, 0.25) is 0 Å². The highest BCUT2D eigenvalue weighted by atomic mass is 16.7. The summed E-state index contributed by atoms with van der Waals surface area (Å²) in [6.45, 7) is 6.15. The Morgan fingerprint density at radius 2 is 1.56 bits per heavy atom. The standard InChI is InChI=1S/C14H26O2/c1-3-5-6-7-9-13-12(8-4-2)14(13)15-10-11-16-14/h12-13H,3-11H2,1-2H3. The Hall–Kier alpha value is -0.0800. The van der Waals surface area contributed by atoms with Crippen molar-refractivity contribution in [1.29, 1.82) is 0 Å². The van der Waals surface area contributed by atoms with Crippen LogP contribution in [-0.4, -0.2) is 19.0 Å². The first kappa shape index (κ1) is 12.4. The summed E-state index contributed by atoms with van der Waals surface area (Å²) in [6.07, 6.45) is 9.27. The molecule has 0 bridgehead atoms. The second-order valence-corrected chi connectivity index (χ2v) is 5.27. The van der Waals surface area contributed by atoms with Gasteiger partial charge in [-0.2, -0.15) is 0 Å². The van der Waals surface area contributed by atoms with Crippen LogP contribution in [0.25, 0.3) is 0 Å². The summed E-state index contributed by atoms with van der Waals surface area (Å²) in [5.41, 5.74) is 0. The smallest absolute Gasteiger partial charge is 0.174 e. The van der Waals surface area contributed by atoms with Crippen LogP contribution in [0.5, 0.6) is 0 Å². The van der Waals surface area contributed by atoms with Crippen molar-refractivity contribution in [3.63, 3.8) is 0 Å². The summed E-state index contributed by atoms with van der Waals surface area (Å²) in [5, 5.41) is 0. The van der Waals surface area contributed by atoms with Gasteiger partial charge in [0.15, 0.2) is 5.79 Å². The zero-order valence-electron chi connectivity index (χ0n) is 10.8. The first-order chi connectivity index (χ1) is 7.85. The van der Waals surface area contributed by atoms with E-state index in [0.717, 1.165) is 13.2 Å². The van der Waals surface area contributed by atoms with E-state index in [4.69, 9.17) is 9.47 Å². The van der Waals surface area contributed by atoms with Crippen molar-refractivity contribution in [2.45, 2.75) is 64.6 Å². The largest absolute Gasteiger partial charge is 0.347 e. The van der Waals surface area contributed by atoms with Gasteiger partial charge in [0.2, 0.25) is 0 Å². The average Bonchev–Trinajstić information content (AvgIpc) is 2.66. The van der Waals surface area contributed by atoms with Crippen molar-refractivity contribution in [2.75, 3.05) is 13.2 Å². The fraction of sp³-hybridized carbons (Fsp3) is 1.00. The summed E-state index contributed by atoms with van der Waals surface area (Å²) < 4.78 is 11.7. The number of unbranched alkanes of at least 4 members (excludes halogenated alkanes) is 3. The number of hydrogen-bond donors (Lipinski definition) is 0. The van der Waals surface area contributed by atoms with E-state index in [0.29, 0.717) is 11.8 Å². The lowest BCUT2D eigenvalue weighted by atomic mass is 10.1. The van der Waals surface area contributed by atoms with Crippen LogP contribution in [0, 0.1) is 11.8 Å². The molecule has 1 aliphatic heterocycles. The molecule has 2 unspecified atom stereocenters. The van der Waals surface area contributed by atoms with Crippen LogP contribution in [0.4, 0.5) is 0 Å². The van der Waals surface area contributed by atoms with Crippen LogP contribution in [0.3, 0.4) is 0 Å². The molecule has 2 fully saturated rings. The lowest BCUT2D eigenvalue weighted by molar-refractivity contribution is -0.0942. The van der Waals surface area contributed by atoms with Crippen molar-refractivity contribution in [1.82, 2.24) is 0 Å². The molecule has 0 amide bonds. The quantitative estimate of drug-likeness (QED) is 0.616. The van der Waals surface area contributed by atoms with E-state index in [-0.39, 0.29) is 5.79 Å². The molecule has 0 N–H and O–H groups in total. The zero-order chi connectivity index (χ0) is 11.4. The van der Waals surface area contributed by atoms with Crippen molar-refractivity contribution >= 4 is 0 Å². The molecule has 0 radical (unpaired) electrons. The molecule has 16 heavy (non-hydrogen) atoms. The van der Waals surface area contributed by atoms with E-state index in [9.17, 15) is 0 Å². The predicted octanol–water partition coefficient (Wildman–Crippen LogP) is 3.75. The highest BCUT2D eigenvalue weighted by Gasteiger charge is 2.67. The second-order valence-electron chi connectivity index (χ2n) is 5.27. The Labute approximate surface area is 99.7 Å². The third kappa shape index (κ3) is 2.28. The van der Waals surface area contributed by atoms with Crippen LogP contribution < -0.4 is 0 Å². The van der Waals surface area contributed by atoms with Crippen molar-refractivity contribution in [2.24, 2.45) is 11.8 Å². The lowest BCUT2D eigenvalue weighted by Crippen LogP contribution is -2.14. The van der Waals surface area contributed by atoms with E-state index in [1.54, 1.807) is 0 Å². The molecular formula is C14H26O2. The van der Waals surface area contributed by atoms with Gasteiger partial charge in [-0.05, 0) is 12.8 Å². The molecule has 2 aliphatic rings. The topological polar surface area (TPSA) is 18.5 Å². The normalized spacial score (nSPS) is 31.1. The molecule has 1 spiro atoms. The van der Waals surface area contributed by atoms with Gasteiger partial charge >= 0.3 is 0 Å². The van der Waals surface area contributed by atoms with Gasteiger partial charge in [0.1, 0.15) is 0 Å². The fourth-order valence-corrected chi connectivity index (χ4v) is 3.26. The van der Waals surface area contributed by atoms with Gasteiger partial charge < -0.3 is 9.47 Å². The Morgan fingerprint density at radius 3 is 2.19 bits per heavy atom. The molecule has 1 saturated carbocycles. The first-order valence-corrected chi connectivity index (χ1v) is 7.13. The van der Waals surface area contributed by atoms with Gasteiger partial charge in [0.25, 0.3) is 0 Å². The molecule has 1 saturated heterocycles. The maximum atomic E-state index is 5.86. The van der Waals surface area contributed by atoms with E-state index < -0.39 is 0 Å². The number of hydrogen-bond acceptors (Lipinski definition) is 2. The van der Waals surface area contributed by atoms with Crippen LogP contribution in [0.15, 0.2) is 0 Å². The Kier molecular flexibility index (Phi) is 4.26. The molecule has 0 aromatic carbocycles. The maximum absolute atomic E-state index is 5.86. The van der Waals surface area contributed by atoms with Crippen molar-refractivity contribution < 1.29 is 9.47 Å². The van der Waals surface area contributed by atoms with Gasteiger partial charge in [-0.15, -0.1) is 0 Å². The van der Waals surface area contributed by atoms with Gasteiger partial charge in [0.05, 0.1) is 13.2 Å². The third-order valence-corrected chi connectivity index (χ3v) is 4.12. The molecule has 0 aromatic rings. The fourth-order valence-electron chi connectivity index (χ4n) is 3.26. The summed E-state index contributed by atoms with van der Waals surface area (Å²) in [5.74, 6) is 1.27. The molecular weight excluding hydrogens is 200 g/mol. The van der Waals surface area contributed by atoms with E-state index in [2.05, 4.69) is 13.8 Å². The molecule has 1 aliphatic carbocycles. The van der Waals surface area contributed by atoms with E-state index in [1.165, 1.54) is 44.9 Å². The lowest BCUT2D eigenvalue weighted by Gasteiger charge is -2.08. The summed E-state index contributed by atoms with van der Waals surface area (Å²) >= 11 is 0. The minimum atomic E-state index is -0.123. The van der Waals surface area contributed by atoms with Crippen molar-refractivity contribution in [3.8, 4) is 0 Å². The SMILES string of the molecule is CCCCCCC1C(CCC)C12OCCO2. The number of ether oxygens (including phenoxy) is 2. The summed E-state index contributed by atoms with van der Waals surface area (Å²) in [6, 6.07) is 0. The molecule has 0 aromatic heterocycles. The first-order valence-electron chi connectivity index (χ1n) is 7.13. The van der Waals surface area contributed by atoms with Gasteiger partial charge in [-0.3, -0.25) is 0 Å². The predicted molar refractivity (Wildman–Crippen MR) is 65.3 cm³/mol. The number of rotatable bonds is 7.